The van der Waals surface area contributed by atoms with Crippen LogP contribution in [0.2, 0.25) is 0 Å². The van der Waals surface area contributed by atoms with Crippen LogP contribution in [0.15, 0.2) is 22.7 Å². The number of nitrogens with zero attached hydrogens (tertiary/aromatic N) is 2. The van der Waals surface area contributed by atoms with E-state index in [0.717, 1.165) is 20.8 Å². The molecule has 1 aromatic carbocycles. The molecule has 0 saturated carbocycles. The third-order valence-electron chi connectivity index (χ3n) is 2.19. The van der Waals surface area contributed by atoms with E-state index in [4.69, 9.17) is 10.6 Å². The number of ether oxygens (including phenoxy) is 1. The topological polar surface area (TPSA) is 73.1 Å². The zero-order valence-corrected chi connectivity index (χ0v) is 11.5. The fraction of sp³-hybridized carbons (Fsp3) is 0.200. The lowest BCUT2D eigenvalue weighted by molar-refractivity contribution is 0.299. The first-order valence-corrected chi connectivity index (χ1v) is 6.44. The van der Waals surface area contributed by atoms with E-state index in [1.165, 1.54) is 11.5 Å². The third-order valence-corrected chi connectivity index (χ3v) is 3.38. The van der Waals surface area contributed by atoms with E-state index in [9.17, 15) is 0 Å². The maximum atomic E-state index is 5.67. The number of aryl methyl sites for hydroxylation is 1. The van der Waals surface area contributed by atoms with Gasteiger partial charge in [0.05, 0.1) is 0 Å². The summed E-state index contributed by atoms with van der Waals surface area (Å²) in [6.45, 7) is 2.33. The van der Waals surface area contributed by atoms with Crippen LogP contribution in [0.3, 0.4) is 0 Å². The average molecular weight is 315 g/mol. The van der Waals surface area contributed by atoms with Gasteiger partial charge in [-0.05, 0) is 30.7 Å². The van der Waals surface area contributed by atoms with Gasteiger partial charge in [0.1, 0.15) is 18.1 Å². The van der Waals surface area contributed by atoms with Crippen LogP contribution in [0, 0.1) is 6.92 Å². The Labute approximate surface area is 111 Å². The van der Waals surface area contributed by atoms with Gasteiger partial charge in [0, 0.05) is 16.0 Å². The molecule has 17 heavy (non-hydrogen) atoms. The van der Waals surface area contributed by atoms with Crippen molar-refractivity contribution in [2.45, 2.75) is 13.5 Å². The highest BCUT2D eigenvalue weighted by Crippen LogP contribution is 2.24. The Balaban J connectivity index is 2.07. The summed E-state index contributed by atoms with van der Waals surface area (Å²) >= 11 is 4.61. The highest BCUT2D eigenvalue weighted by Gasteiger charge is 2.08. The molecule has 0 saturated heterocycles. The van der Waals surface area contributed by atoms with Gasteiger partial charge in [-0.3, -0.25) is 0 Å². The molecule has 1 aromatic heterocycles. The SMILES string of the molecule is Cc1cc(Br)ccc1OCc1nnsc1NN. The maximum absolute atomic E-state index is 5.67. The molecule has 5 nitrogen and oxygen atoms in total. The van der Waals surface area contributed by atoms with Crippen LogP contribution >= 0.6 is 27.5 Å². The van der Waals surface area contributed by atoms with Gasteiger partial charge in [-0.1, -0.05) is 20.4 Å². The van der Waals surface area contributed by atoms with E-state index in [1.54, 1.807) is 0 Å². The van der Waals surface area contributed by atoms with Crippen LogP contribution in [-0.2, 0) is 6.61 Å². The minimum absolute atomic E-state index is 0.346. The molecule has 7 heteroatoms. The molecule has 0 aliphatic rings. The van der Waals surface area contributed by atoms with Crippen LogP contribution in [0.25, 0.3) is 0 Å². The number of nitrogens with two attached hydrogens (primary N) is 1. The van der Waals surface area contributed by atoms with Gasteiger partial charge < -0.3 is 10.2 Å². The van der Waals surface area contributed by atoms with Crippen LogP contribution in [0.5, 0.6) is 5.75 Å². The lowest BCUT2D eigenvalue weighted by atomic mass is 10.2. The number of rotatable bonds is 4. The molecule has 0 amide bonds. The number of hydrazine groups is 1. The van der Waals surface area contributed by atoms with Gasteiger partial charge in [-0.15, -0.1) is 5.10 Å². The summed E-state index contributed by atoms with van der Waals surface area (Å²) < 4.78 is 10.5. The minimum atomic E-state index is 0.346. The molecule has 0 atom stereocenters. The second kappa shape index (κ2) is 5.44. The van der Waals surface area contributed by atoms with Gasteiger partial charge in [0.25, 0.3) is 0 Å². The number of hydrogen-bond acceptors (Lipinski definition) is 6. The van der Waals surface area contributed by atoms with Crippen LogP contribution < -0.4 is 16.0 Å². The zero-order chi connectivity index (χ0) is 12.3. The fourth-order valence-electron chi connectivity index (χ4n) is 1.33. The Morgan fingerprint density at radius 2 is 2.35 bits per heavy atom. The number of benzene rings is 1. The third kappa shape index (κ3) is 2.93. The van der Waals surface area contributed by atoms with E-state index in [-0.39, 0.29) is 0 Å². The van der Waals surface area contributed by atoms with E-state index in [1.807, 2.05) is 25.1 Å². The van der Waals surface area contributed by atoms with Crippen molar-refractivity contribution in [3.8, 4) is 5.75 Å². The quantitative estimate of drug-likeness (QED) is 0.670. The molecule has 2 aromatic rings. The number of nitrogen functional groups attached to an aromatic ring is 1. The summed E-state index contributed by atoms with van der Waals surface area (Å²) in [7, 11) is 0. The molecule has 0 bridgehead atoms. The highest BCUT2D eigenvalue weighted by molar-refractivity contribution is 9.10. The second-order valence-electron chi connectivity index (χ2n) is 3.39. The molecule has 3 N–H and O–H groups in total. The smallest absolute Gasteiger partial charge is 0.150 e. The first-order valence-electron chi connectivity index (χ1n) is 4.87. The number of hydrogen-bond donors (Lipinski definition) is 2. The largest absolute Gasteiger partial charge is 0.487 e. The Hall–Kier alpha value is -1.18. The van der Waals surface area contributed by atoms with Crippen molar-refractivity contribution in [2.24, 2.45) is 5.84 Å². The molecule has 2 rings (SSSR count). The first kappa shape index (κ1) is 12.3. The monoisotopic (exact) mass is 314 g/mol. The minimum Gasteiger partial charge on any atom is -0.487 e. The average Bonchev–Trinajstić information content (AvgIpc) is 2.75. The molecular formula is C10H11BrN4OS. The maximum Gasteiger partial charge on any atom is 0.150 e. The van der Waals surface area contributed by atoms with Gasteiger partial charge in [0.2, 0.25) is 0 Å². The van der Waals surface area contributed by atoms with E-state index in [2.05, 4.69) is 30.9 Å². The van der Waals surface area contributed by atoms with Crippen molar-refractivity contribution in [3.05, 3.63) is 33.9 Å². The standard InChI is InChI=1S/C10H11BrN4OS/c1-6-4-7(11)2-3-9(6)16-5-8-10(13-12)17-15-14-8/h2-4,13H,5,12H2,1H3. The van der Waals surface area contributed by atoms with Crippen LogP contribution in [0.4, 0.5) is 5.00 Å². The normalized spacial score (nSPS) is 10.3. The highest BCUT2D eigenvalue weighted by atomic mass is 79.9. The molecule has 0 aliphatic carbocycles. The number of halogens is 1. The Bertz CT molecular complexity index is 517. The summed E-state index contributed by atoms with van der Waals surface area (Å²) in [5.74, 6) is 6.16. The predicted molar refractivity (Wildman–Crippen MR) is 70.9 cm³/mol. The van der Waals surface area contributed by atoms with Crippen molar-refractivity contribution < 1.29 is 4.74 Å². The molecule has 0 fully saturated rings. The Morgan fingerprint density at radius 1 is 1.53 bits per heavy atom. The van der Waals surface area contributed by atoms with Gasteiger partial charge >= 0.3 is 0 Å². The van der Waals surface area contributed by atoms with Crippen molar-refractivity contribution in [2.75, 3.05) is 5.43 Å². The Kier molecular flexibility index (Phi) is 3.93. The molecule has 1 heterocycles. The molecule has 0 aliphatic heterocycles. The predicted octanol–water partition coefficient (Wildman–Crippen LogP) is 2.47. The van der Waals surface area contributed by atoms with Crippen LogP contribution in [0.1, 0.15) is 11.3 Å². The Morgan fingerprint density at radius 3 is 3.06 bits per heavy atom. The number of nitrogens with one attached hydrogen (secondary N) is 1. The second-order valence-corrected chi connectivity index (χ2v) is 5.06. The molecule has 0 unspecified atom stereocenters. The van der Waals surface area contributed by atoms with Gasteiger partial charge in [0.15, 0.2) is 5.00 Å². The summed E-state index contributed by atoms with van der Waals surface area (Å²) in [5.41, 5.74) is 4.31. The zero-order valence-electron chi connectivity index (χ0n) is 9.11. The van der Waals surface area contributed by atoms with Crippen molar-refractivity contribution in [1.82, 2.24) is 9.59 Å². The van der Waals surface area contributed by atoms with Gasteiger partial charge in [-0.25, -0.2) is 5.84 Å². The summed E-state index contributed by atoms with van der Waals surface area (Å²) in [5, 5.41) is 4.66. The summed E-state index contributed by atoms with van der Waals surface area (Å²) in [6.07, 6.45) is 0. The van der Waals surface area contributed by atoms with E-state index >= 15 is 0 Å². The molecule has 0 radical (unpaired) electrons. The van der Waals surface area contributed by atoms with Crippen LogP contribution in [-0.4, -0.2) is 9.59 Å². The molecule has 90 valence electrons. The lowest BCUT2D eigenvalue weighted by Crippen LogP contribution is -2.08. The van der Waals surface area contributed by atoms with E-state index < -0.39 is 0 Å². The van der Waals surface area contributed by atoms with Gasteiger partial charge in [-0.2, -0.15) is 0 Å². The van der Waals surface area contributed by atoms with Crippen molar-refractivity contribution in [1.29, 1.82) is 0 Å². The van der Waals surface area contributed by atoms with Crippen molar-refractivity contribution in [3.63, 3.8) is 0 Å². The van der Waals surface area contributed by atoms with Crippen molar-refractivity contribution >= 4 is 32.5 Å². The molecule has 0 spiro atoms. The number of aromatic nitrogens is 2. The number of anilines is 1. The lowest BCUT2D eigenvalue weighted by Gasteiger charge is -2.08. The summed E-state index contributed by atoms with van der Waals surface area (Å²) in [6, 6.07) is 5.84. The van der Waals surface area contributed by atoms with E-state index in [0.29, 0.717) is 12.3 Å². The first-order chi connectivity index (χ1) is 8.20. The summed E-state index contributed by atoms with van der Waals surface area (Å²) in [4.78, 5) is 0. The molecular weight excluding hydrogens is 304 g/mol. The fourth-order valence-corrected chi connectivity index (χ4v) is 2.29.